The number of nitrogens with two attached hydrogens (primary N) is 1. The lowest BCUT2D eigenvalue weighted by Crippen LogP contribution is -2.16. The Kier molecular flexibility index (Phi) is 1.63. The molecule has 2 N–H and O–H groups in total. The van der Waals surface area contributed by atoms with Gasteiger partial charge < -0.3 is 10.5 Å². The molecule has 0 radical (unpaired) electrons. The Labute approximate surface area is 73.7 Å². The molecule has 5 nitrogen and oxygen atoms in total. The first-order valence-corrected chi connectivity index (χ1v) is 3.66. The molecule has 2 aromatic rings. The fourth-order valence-electron chi connectivity index (χ4n) is 1.08. The van der Waals surface area contributed by atoms with Gasteiger partial charge in [-0.3, -0.25) is 0 Å². The Bertz CT molecular complexity index is 449. The summed E-state index contributed by atoms with van der Waals surface area (Å²) in [6, 6.07) is 5.37. The molecular formula is C8H7N3O2. The van der Waals surface area contributed by atoms with Gasteiger partial charge in [-0.05, 0) is 12.1 Å². The van der Waals surface area contributed by atoms with Crippen molar-refractivity contribution in [2.75, 3.05) is 0 Å². The minimum Gasteiger partial charge on any atom is -0.409 e. The average molecular weight is 177 g/mol. The summed E-state index contributed by atoms with van der Waals surface area (Å²) in [5, 5.41) is 3.98. The third-order valence-corrected chi connectivity index (χ3v) is 1.58. The molecule has 1 amide bonds. The highest BCUT2D eigenvalue weighted by Crippen LogP contribution is 2.12. The zero-order chi connectivity index (χ0) is 9.26. The van der Waals surface area contributed by atoms with E-state index in [9.17, 15) is 4.79 Å². The number of aromatic nitrogens is 2. The quantitative estimate of drug-likeness (QED) is 0.700. The molecule has 0 unspecified atom stereocenters. The molecule has 0 saturated heterocycles. The zero-order valence-electron chi connectivity index (χ0n) is 6.68. The standard InChI is InChI=1S/C8H7N3O2/c9-8(12)13-7-4-6-2-1-3-11(6)10-5-7/h1-5H,(H2,9,12). The van der Waals surface area contributed by atoms with E-state index in [4.69, 9.17) is 5.73 Å². The number of rotatable bonds is 1. The molecule has 0 aliphatic rings. The number of nitrogens with zero attached hydrogens (tertiary/aromatic N) is 2. The predicted molar refractivity (Wildman–Crippen MR) is 45.4 cm³/mol. The van der Waals surface area contributed by atoms with Crippen LogP contribution < -0.4 is 10.5 Å². The van der Waals surface area contributed by atoms with Gasteiger partial charge in [0.15, 0.2) is 5.75 Å². The van der Waals surface area contributed by atoms with Gasteiger partial charge in [-0.15, -0.1) is 0 Å². The van der Waals surface area contributed by atoms with E-state index < -0.39 is 6.09 Å². The molecule has 2 heterocycles. The number of hydrogen-bond acceptors (Lipinski definition) is 3. The Balaban J connectivity index is 2.42. The molecule has 0 aliphatic carbocycles. The Hall–Kier alpha value is -2.04. The number of ether oxygens (including phenoxy) is 1. The first kappa shape index (κ1) is 7.60. The van der Waals surface area contributed by atoms with Crippen molar-refractivity contribution in [2.24, 2.45) is 5.73 Å². The van der Waals surface area contributed by atoms with Crippen LogP contribution in [0.25, 0.3) is 5.52 Å². The number of amides is 1. The van der Waals surface area contributed by atoms with Crippen LogP contribution in [-0.2, 0) is 0 Å². The monoisotopic (exact) mass is 177 g/mol. The summed E-state index contributed by atoms with van der Waals surface area (Å²) in [5.74, 6) is 0.346. The first-order chi connectivity index (χ1) is 6.25. The maximum Gasteiger partial charge on any atom is 0.410 e. The van der Waals surface area contributed by atoms with Gasteiger partial charge in [-0.1, -0.05) is 0 Å². The topological polar surface area (TPSA) is 69.6 Å². The maximum atomic E-state index is 10.4. The Morgan fingerprint density at radius 3 is 3.23 bits per heavy atom. The van der Waals surface area contributed by atoms with Gasteiger partial charge in [-0.25, -0.2) is 9.31 Å². The van der Waals surface area contributed by atoms with Crippen molar-refractivity contribution in [2.45, 2.75) is 0 Å². The first-order valence-electron chi connectivity index (χ1n) is 3.66. The zero-order valence-corrected chi connectivity index (χ0v) is 6.68. The van der Waals surface area contributed by atoms with Gasteiger partial charge in [-0.2, -0.15) is 5.10 Å². The highest BCUT2D eigenvalue weighted by Gasteiger charge is 2.00. The summed E-state index contributed by atoms with van der Waals surface area (Å²) in [5.41, 5.74) is 5.69. The second-order valence-electron chi connectivity index (χ2n) is 2.49. The highest BCUT2D eigenvalue weighted by molar-refractivity contribution is 5.68. The van der Waals surface area contributed by atoms with E-state index in [1.54, 1.807) is 16.8 Å². The Morgan fingerprint density at radius 1 is 1.62 bits per heavy atom. The van der Waals surface area contributed by atoms with Crippen molar-refractivity contribution < 1.29 is 9.53 Å². The van der Waals surface area contributed by atoms with Crippen LogP contribution in [0.4, 0.5) is 4.79 Å². The maximum absolute atomic E-state index is 10.4. The fourth-order valence-corrected chi connectivity index (χ4v) is 1.08. The summed E-state index contributed by atoms with van der Waals surface area (Å²) >= 11 is 0. The van der Waals surface area contributed by atoms with E-state index in [-0.39, 0.29) is 0 Å². The summed E-state index contributed by atoms with van der Waals surface area (Å²) in [6.45, 7) is 0. The van der Waals surface area contributed by atoms with Crippen LogP contribution >= 0.6 is 0 Å². The van der Waals surface area contributed by atoms with Crippen LogP contribution in [0, 0.1) is 0 Å². The van der Waals surface area contributed by atoms with Gasteiger partial charge in [0.25, 0.3) is 0 Å². The summed E-state index contributed by atoms with van der Waals surface area (Å²) in [4.78, 5) is 10.4. The van der Waals surface area contributed by atoms with Crippen molar-refractivity contribution >= 4 is 11.6 Å². The smallest absolute Gasteiger partial charge is 0.409 e. The molecule has 0 spiro atoms. The minimum atomic E-state index is -0.835. The lowest BCUT2D eigenvalue weighted by Gasteiger charge is -1.99. The average Bonchev–Trinajstić information content (AvgIpc) is 2.49. The van der Waals surface area contributed by atoms with Crippen LogP contribution in [-0.4, -0.2) is 15.7 Å². The number of fused-ring (bicyclic) bond motifs is 1. The van der Waals surface area contributed by atoms with E-state index >= 15 is 0 Å². The fraction of sp³-hybridized carbons (Fsp3) is 0. The van der Waals surface area contributed by atoms with Gasteiger partial charge in [0, 0.05) is 12.3 Å². The molecule has 0 aliphatic heterocycles. The van der Waals surface area contributed by atoms with E-state index in [0.717, 1.165) is 5.52 Å². The molecule has 0 atom stereocenters. The molecule has 0 saturated carbocycles. The van der Waals surface area contributed by atoms with E-state index in [1.807, 2.05) is 12.1 Å². The van der Waals surface area contributed by atoms with Crippen molar-refractivity contribution in [3.8, 4) is 5.75 Å². The second-order valence-corrected chi connectivity index (χ2v) is 2.49. The molecule has 13 heavy (non-hydrogen) atoms. The molecule has 2 rings (SSSR count). The van der Waals surface area contributed by atoms with E-state index in [0.29, 0.717) is 5.75 Å². The van der Waals surface area contributed by atoms with Gasteiger partial charge in [0.2, 0.25) is 0 Å². The predicted octanol–water partition coefficient (Wildman–Crippen LogP) is 0.792. The molecule has 0 bridgehead atoms. The number of carbonyl (C=O) groups is 1. The summed E-state index contributed by atoms with van der Waals surface area (Å²) < 4.78 is 6.32. The van der Waals surface area contributed by atoms with Crippen molar-refractivity contribution in [3.63, 3.8) is 0 Å². The third kappa shape index (κ3) is 1.44. The van der Waals surface area contributed by atoms with Gasteiger partial charge >= 0.3 is 6.09 Å². The summed E-state index contributed by atoms with van der Waals surface area (Å²) in [7, 11) is 0. The van der Waals surface area contributed by atoms with Crippen LogP contribution in [0.1, 0.15) is 0 Å². The normalized spacial score (nSPS) is 10.2. The molecule has 2 aromatic heterocycles. The van der Waals surface area contributed by atoms with Gasteiger partial charge in [0.05, 0.1) is 11.7 Å². The van der Waals surface area contributed by atoms with Crippen molar-refractivity contribution in [3.05, 3.63) is 30.6 Å². The van der Waals surface area contributed by atoms with E-state index in [1.165, 1.54) is 6.20 Å². The number of hydrogen-bond donors (Lipinski definition) is 1. The van der Waals surface area contributed by atoms with Crippen LogP contribution in [0.5, 0.6) is 5.75 Å². The second kappa shape index (κ2) is 2.78. The molecular weight excluding hydrogens is 170 g/mol. The summed E-state index contributed by atoms with van der Waals surface area (Å²) in [6.07, 6.45) is 2.39. The van der Waals surface area contributed by atoms with Crippen molar-refractivity contribution in [1.29, 1.82) is 0 Å². The van der Waals surface area contributed by atoms with Crippen LogP contribution in [0.3, 0.4) is 0 Å². The Morgan fingerprint density at radius 2 is 2.46 bits per heavy atom. The minimum absolute atomic E-state index is 0.346. The lowest BCUT2D eigenvalue weighted by atomic mass is 10.4. The largest absolute Gasteiger partial charge is 0.410 e. The molecule has 5 heteroatoms. The lowest BCUT2D eigenvalue weighted by molar-refractivity contribution is 0.210. The number of carbonyl (C=O) groups excluding carboxylic acids is 1. The van der Waals surface area contributed by atoms with Crippen LogP contribution in [0.15, 0.2) is 30.6 Å². The molecule has 0 fully saturated rings. The number of primary amides is 1. The highest BCUT2D eigenvalue weighted by atomic mass is 16.5. The molecule has 0 aromatic carbocycles. The molecule has 66 valence electrons. The van der Waals surface area contributed by atoms with E-state index in [2.05, 4.69) is 9.84 Å². The van der Waals surface area contributed by atoms with Gasteiger partial charge in [0.1, 0.15) is 0 Å². The third-order valence-electron chi connectivity index (χ3n) is 1.58. The SMILES string of the molecule is NC(=O)Oc1cnn2cccc2c1. The van der Waals surface area contributed by atoms with Crippen LogP contribution in [0.2, 0.25) is 0 Å². The van der Waals surface area contributed by atoms with Crippen molar-refractivity contribution in [1.82, 2.24) is 9.61 Å².